The first-order chi connectivity index (χ1) is 6.72. The molecule has 14 heavy (non-hydrogen) atoms. The van der Waals surface area contributed by atoms with Gasteiger partial charge in [0.05, 0.1) is 12.8 Å². The molecule has 0 aromatic carbocycles. The van der Waals surface area contributed by atoms with Gasteiger partial charge >= 0.3 is 0 Å². The SMILES string of the molecule is [CH]=C(c1nc(OC)ccc1Br)C1CC1. The molecule has 2 rings (SSSR count). The summed E-state index contributed by atoms with van der Waals surface area (Å²) in [5, 5.41) is 0. The van der Waals surface area contributed by atoms with E-state index in [2.05, 4.69) is 20.9 Å². The summed E-state index contributed by atoms with van der Waals surface area (Å²) < 4.78 is 5.99. The van der Waals surface area contributed by atoms with Crippen molar-refractivity contribution in [1.29, 1.82) is 0 Å². The van der Waals surface area contributed by atoms with Crippen LogP contribution in [-0.4, -0.2) is 12.1 Å². The molecular weight excluding hydrogens is 242 g/mol. The maximum Gasteiger partial charge on any atom is 0.213 e. The smallest absolute Gasteiger partial charge is 0.213 e. The molecule has 1 saturated carbocycles. The van der Waals surface area contributed by atoms with Crippen LogP contribution >= 0.6 is 15.9 Å². The quantitative estimate of drug-likeness (QED) is 0.825. The largest absolute Gasteiger partial charge is 0.481 e. The Morgan fingerprint density at radius 3 is 2.86 bits per heavy atom. The first-order valence-corrected chi connectivity index (χ1v) is 5.35. The van der Waals surface area contributed by atoms with Crippen LogP contribution in [0.5, 0.6) is 5.88 Å². The lowest BCUT2D eigenvalue weighted by molar-refractivity contribution is 0.397. The van der Waals surface area contributed by atoms with E-state index >= 15 is 0 Å². The average Bonchev–Trinajstić information content (AvgIpc) is 3.01. The minimum Gasteiger partial charge on any atom is -0.481 e. The first-order valence-electron chi connectivity index (χ1n) is 4.55. The lowest BCUT2D eigenvalue weighted by Crippen LogP contribution is -1.95. The number of hydrogen-bond acceptors (Lipinski definition) is 2. The molecule has 1 fully saturated rings. The Hall–Kier alpha value is -0.830. The minimum atomic E-state index is 0.519. The Balaban J connectivity index is 2.34. The number of nitrogens with zero attached hydrogens (tertiary/aromatic N) is 1. The van der Waals surface area contributed by atoms with Gasteiger partial charge in [0.15, 0.2) is 0 Å². The molecule has 0 saturated heterocycles. The highest BCUT2D eigenvalue weighted by Crippen LogP contribution is 2.42. The Morgan fingerprint density at radius 2 is 2.29 bits per heavy atom. The van der Waals surface area contributed by atoms with Crippen molar-refractivity contribution >= 4 is 21.5 Å². The highest BCUT2D eigenvalue weighted by molar-refractivity contribution is 9.10. The molecule has 0 amide bonds. The van der Waals surface area contributed by atoms with Crippen molar-refractivity contribution < 1.29 is 4.74 Å². The van der Waals surface area contributed by atoms with Crippen LogP contribution < -0.4 is 4.74 Å². The van der Waals surface area contributed by atoms with Crippen molar-refractivity contribution in [2.75, 3.05) is 7.11 Å². The zero-order valence-electron chi connectivity index (χ0n) is 7.96. The summed E-state index contributed by atoms with van der Waals surface area (Å²) >= 11 is 3.44. The summed E-state index contributed by atoms with van der Waals surface area (Å²) in [6.07, 6.45) is 2.36. The monoisotopic (exact) mass is 252 g/mol. The highest BCUT2D eigenvalue weighted by atomic mass is 79.9. The van der Waals surface area contributed by atoms with E-state index in [0.29, 0.717) is 11.8 Å². The molecular formula is C11H11BrNO. The van der Waals surface area contributed by atoms with Gasteiger partial charge in [0, 0.05) is 10.5 Å². The maximum absolute atomic E-state index is 5.99. The van der Waals surface area contributed by atoms with Crippen LogP contribution in [-0.2, 0) is 0 Å². The van der Waals surface area contributed by atoms with Gasteiger partial charge in [-0.2, -0.15) is 0 Å². The molecule has 1 heterocycles. The van der Waals surface area contributed by atoms with Crippen molar-refractivity contribution in [3.8, 4) is 5.88 Å². The third-order valence-electron chi connectivity index (χ3n) is 2.32. The van der Waals surface area contributed by atoms with Crippen LogP contribution in [0, 0.1) is 12.5 Å². The number of aromatic nitrogens is 1. The van der Waals surface area contributed by atoms with Gasteiger partial charge in [0.1, 0.15) is 0 Å². The molecule has 0 atom stereocenters. The third-order valence-corrected chi connectivity index (χ3v) is 2.96. The summed E-state index contributed by atoms with van der Waals surface area (Å²) in [5.41, 5.74) is 1.70. The second kappa shape index (κ2) is 3.73. The molecule has 0 aliphatic heterocycles. The molecule has 1 aliphatic rings. The minimum absolute atomic E-state index is 0.519. The summed E-state index contributed by atoms with van der Waals surface area (Å²) in [6.45, 7) is 5.99. The van der Waals surface area contributed by atoms with E-state index in [1.807, 2.05) is 12.1 Å². The molecule has 1 radical (unpaired) electrons. The molecule has 1 aliphatic carbocycles. The second-order valence-electron chi connectivity index (χ2n) is 3.41. The van der Waals surface area contributed by atoms with E-state index in [9.17, 15) is 0 Å². The van der Waals surface area contributed by atoms with Crippen molar-refractivity contribution in [3.05, 3.63) is 28.9 Å². The number of halogens is 1. The Kier molecular flexibility index (Phi) is 2.59. The number of hydrogen-bond donors (Lipinski definition) is 0. The van der Waals surface area contributed by atoms with Gasteiger partial charge in [-0.15, -0.1) is 0 Å². The molecule has 73 valence electrons. The van der Waals surface area contributed by atoms with E-state index in [4.69, 9.17) is 11.3 Å². The van der Waals surface area contributed by atoms with Crippen LogP contribution in [0.4, 0.5) is 0 Å². The second-order valence-corrected chi connectivity index (χ2v) is 4.27. The predicted octanol–water partition coefficient (Wildman–Crippen LogP) is 3.08. The van der Waals surface area contributed by atoms with Crippen molar-refractivity contribution in [2.24, 2.45) is 5.92 Å². The molecule has 0 N–H and O–H groups in total. The lowest BCUT2D eigenvalue weighted by atomic mass is 10.1. The van der Waals surface area contributed by atoms with Crippen LogP contribution in [0.25, 0.3) is 5.57 Å². The van der Waals surface area contributed by atoms with Crippen LogP contribution in [0.2, 0.25) is 0 Å². The van der Waals surface area contributed by atoms with Crippen molar-refractivity contribution in [1.82, 2.24) is 4.98 Å². The highest BCUT2D eigenvalue weighted by Gasteiger charge is 2.27. The van der Waals surface area contributed by atoms with E-state index in [0.717, 1.165) is 15.7 Å². The lowest BCUT2D eigenvalue weighted by Gasteiger charge is -2.07. The average molecular weight is 253 g/mol. The van der Waals surface area contributed by atoms with Gasteiger partial charge in [-0.1, -0.05) is 6.58 Å². The number of methoxy groups -OCH3 is 1. The number of allylic oxidation sites excluding steroid dienone is 1. The Labute approximate surface area is 92.1 Å². The van der Waals surface area contributed by atoms with E-state index < -0.39 is 0 Å². The number of ether oxygens (including phenoxy) is 1. The van der Waals surface area contributed by atoms with E-state index in [1.165, 1.54) is 12.8 Å². The van der Waals surface area contributed by atoms with Crippen molar-refractivity contribution in [2.45, 2.75) is 12.8 Å². The first kappa shape index (κ1) is 9.71. The van der Waals surface area contributed by atoms with Crippen LogP contribution in [0.1, 0.15) is 18.5 Å². The van der Waals surface area contributed by atoms with E-state index in [-0.39, 0.29) is 0 Å². The Bertz CT molecular complexity index is 372. The summed E-state index contributed by atoms with van der Waals surface area (Å²) in [6, 6.07) is 3.73. The van der Waals surface area contributed by atoms with E-state index in [1.54, 1.807) is 7.11 Å². The van der Waals surface area contributed by atoms with Gasteiger partial charge in [0.25, 0.3) is 0 Å². The number of rotatable bonds is 3. The Morgan fingerprint density at radius 1 is 1.57 bits per heavy atom. The summed E-state index contributed by atoms with van der Waals surface area (Å²) in [5.74, 6) is 1.12. The molecule has 1 aromatic heterocycles. The molecule has 0 unspecified atom stereocenters. The topological polar surface area (TPSA) is 22.1 Å². The van der Waals surface area contributed by atoms with Gasteiger partial charge in [-0.05, 0) is 46.3 Å². The zero-order valence-corrected chi connectivity index (χ0v) is 9.54. The fourth-order valence-corrected chi connectivity index (χ4v) is 1.78. The fourth-order valence-electron chi connectivity index (χ4n) is 1.33. The molecule has 0 spiro atoms. The third kappa shape index (κ3) is 1.82. The standard InChI is InChI=1S/C11H11BrNO/c1-7(8-3-4-8)11-9(12)5-6-10(13-11)14-2/h1,5-6,8H,3-4H2,2H3. The number of pyridine rings is 1. The van der Waals surface area contributed by atoms with Gasteiger partial charge in [0.2, 0.25) is 5.88 Å². The fraction of sp³-hybridized carbons (Fsp3) is 0.364. The zero-order chi connectivity index (χ0) is 10.1. The van der Waals surface area contributed by atoms with Crippen LogP contribution in [0.15, 0.2) is 16.6 Å². The van der Waals surface area contributed by atoms with Gasteiger partial charge in [-0.3, -0.25) is 0 Å². The summed E-state index contributed by atoms with van der Waals surface area (Å²) in [4.78, 5) is 4.32. The molecule has 2 nitrogen and oxygen atoms in total. The van der Waals surface area contributed by atoms with Crippen LogP contribution in [0.3, 0.4) is 0 Å². The molecule has 3 heteroatoms. The van der Waals surface area contributed by atoms with Gasteiger partial charge < -0.3 is 4.74 Å². The van der Waals surface area contributed by atoms with Crippen molar-refractivity contribution in [3.63, 3.8) is 0 Å². The maximum atomic E-state index is 5.99. The predicted molar refractivity (Wildman–Crippen MR) is 58.9 cm³/mol. The normalized spacial score (nSPS) is 15.3. The summed E-state index contributed by atoms with van der Waals surface area (Å²) in [7, 11) is 1.60. The molecule has 1 aromatic rings. The molecule has 0 bridgehead atoms. The van der Waals surface area contributed by atoms with Gasteiger partial charge in [-0.25, -0.2) is 4.98 Å².